The van der Waals surface area contributed by atoms with Gasteiger partial charge in [-0.1, -0.05) is 387 Å². The van der Waals surface area contributed by atoms with Crippen LogP contribution in [0.2, 0.25) is 0 Å². The summed E-state index contributed by atoms with van der Waals surface area (Å²) in [6, 6.07) is 0. The lowest BCUT2D eigenvalue weighted by molar-refractivity contribution is -0.900. The lowest BCUT2D eigenvalue weighted by Gasteiger charge is -2.20. The minimum atomic E-state index is -0.903. The second-order valence-corrected chi connectivity index (χ2v) is 25.0. The van der Waals surface area contributed by atoms with Crippen molar-refractivity contribution in [2.24, 2.45) is 0 Å². The van der Waals surface area contributed by atoms with Gasteiger partial charge in [-0.2, -0.15) is 0 Å². The maximum Gasteiger partial charge on any atom is 0.0770 e. The minimum absolute atomic E-state index is 0.234. The third kappa shape index (κ3) is 75.5. The number of hydrogen-bond acceptors (Lipinski definition) is 2. The lowest BCUT2D eigenvalue weighted by atomic mass is 10.0. The fourth-order valence-corrected chi connectivity index (χ4v) is 11.8. The van der Waals surface area contributed by atoms with Gasteiger partial charge in [-0.15, -0.1) is 0 Å². The van der Waals surface area contributed by atoms with Crippen molar-refractivity contribution in [1.82, 2.24) is 0 Å². The molecule has 0 unspecified atom stereocenters. The van der Waals surface area contributed by atoms with E-state index in [4.69, 9.17) is 0 Å². The smallest absolute Gasteiger partial charge is 0.0770 e. The van der Waals surface area contributed by atoms with Gasteiger partial charge in [-0.3, -0.25) is 0 Å². The molecule has 452 valence electrons. The predicted molar refractivity (Wildman–Crippen MR) is 339 cm³/mol. The molecule has 3 nitrogen and oxygen atoms in total. The fraction of sp³-hybridized carbons (Fsp3) is 0.986. The van der Waals surface area contributed by atoms with Gasteiger partial charge in [0.2, 0.25) is 0 Å². The first kappa shape index (κ1) is 76.5. The number of carbonyl (C=O) groups excluding carboxylic acids is 1. The number of unbranched alkanes of at least 4 members (excludes halogenated alkanes) is 59. The van der Waals surface area contributed by atoms with Gasteiger partial charge in [0.1, 0.15) is 0 Å². The van der Waals surface area contributed by atoms with Gasteiger partial charge in [-0.05, 0) is 51.4 Å². The Bertz CT molecular complexity index is 881. The van der Waals surface area contributed by atoms with Crippen LogP contribution in [0.4, 0.5) is 0 Å². The Kier molecular flexibility index (Phi) is 74.9. The van der Waals surface area contributed by atoms with E-state index in [1.807, 2.05) is 4.90 Å². The third-order valence-corrected chi connectivity index (χ3v) is 17.1. The first-order chi connectivity index (χ1) is 37.1. The summed E-state index contributed by atoms with van der Waals surface area (Å²) in [5, 5.41) is 10.2. The van der Waals surface area contributed by atoms with Crippen molar-refractivity contribution in [3.63, 3.8) is 0 Å². The molecule has 0 fully saturated rings. The van der Waals surface area contributed by atoms with E-state index in [2.05, 4.69) is 27.7 Å². The van der Waals surface area contributed by atoms with E-state index in [0.717, 1.165) is 12.8 Å². The molecule has 0 heterocycles. The van der Waals surface area contributed by atoms with E-state index >= 15 is 0 Å². The number of rotatable bonds is 67. The fourth-order valence-electron chi connectivity index (χ4n) is 11.8. The Morgan fingerprint density at radius 2 is 0.320 bits per heavy atom. The third-order valence-electron chi connectivity index (χ3n) is 17.1. The molecule has 0 bridgehead atoms. The summed E-state index contributed by atoms with van der Waals surface area (Å²) in [7, 11) is 0. The first-order valence-corrected chi connectivity index (χ1v) is 36.2. The largest absolute Gasteiger partial charge is 0.550 e. The molecule has 0 rings (SSSR count). The second kappa shape index (κ2) is 73.4. The highest BCUT2D eigenvalue weighted by molar-refractivity contribution is 5.64. The monoisotopic (exact) mass is 1060 g/mol. The highest BCUT2D eigenvalue weighted by atomic mass is 16.4. The van der Waals surface area contributed by atoms with Crippen molar-refractivity contribution in [3.05, 3.63) is 0 Å². The van der Waals surface area contributed by atoms with Crippen LogP contribution in [0.15, 0.2) is 0 Å². The number of nitrogens with one attached hydrogen (secondary N) is 1. The molecule has 0 saturated heterocycles. The summed E-state index contributed by atoms with van der Waals surface area (Å²) in [6.07, 6.45) is 90.7. The topological polar surface area (TPSA) is 44.6 Å². The minimum Gasteiger partial charge on any atom is -0.550 e. The zero-order valence-corrected chi connectivity index (χ0v) is 53.2. The van der Waals surface area contributed by atoms with Gasteiger partial charge in [0, 0.05) is 5.97 Å². The normalized spacial score (nSPS) is 11.5. The number of carbonyl (C=O) groups is 1. The Hall–Kier alpha value is -0.570. The number of quaternary nitrogens is 1. The van der Waals surface area contributed by atoms with Gasteiger partial charge >= 0.3 is 0 Å². The van der Waals surface area contributed by atoms with E-state index in [-0.39, 0.29) is 6.42 Å². The molecule has 0 spiro atoms. The van der Waals surface area contributed by atoms with Crippen molar-refractivity contribution in [1.29, 1.82) is 0 Å². The van der Waals surface area contributed by atoms with E-state index in [1.165, 1.54) is 411 Å². The average molecular weight is 1060 g/mol. The summed E-state index contributed by atoms with van der Waals surface area (Å²) in [5.74, 6) is -0.903. The van der Waals surface area contributed by atoms with Crippen LogP contribution in [0.3, 0.4) is 0 Å². The van der Waals surface area contributed by atoms with Gasteiger partial charge in [-0.25, -0.2) is 0 Å². The van der Waals surface area contributed by atoms with Crippen LogP contribution in [-0.2, 0) is 4.79 Å². The highest BCUT2D eigenvalue weighted by Crippen LogP contribution is 2.18. The maximum atomic E-state index is 10.2. The number of hydrogen-bond donors (Lipinski definition) is 1. The van der Waals surface area contributed by atoms with E-state index in [1.54, 1.807) is 0 Å². The molecular weight excluding hydrogens is 911 g/mol. The van der Waals surface area contributed by atoms with E-state index in [0.29, 0.717) is 0 Å². The molecule has 0 aliphatic carbocycles. The Balaban J connectivity index is 0. The van der Waals surface area contributed by atoms with Crippen LogP contribution >= 0.6 is 0 Å². The van der Waals surface area contributed by atoms with Gasteiger partial charge in [0.05, 0.1) is 19.6 Å². The van der Waals surface area contributed by atoms with Crippen LogP contribution < -0.4 is 10.0 Å². The summed E-state index contributed by atoms with van der Waals surface area (Å²) in [4.78, 5) is 12.2. The summed E-state index contributed by atoms with van der Waals surface area (Å²) < 4.78 is 0. The molecule has 0 atom stereocenters. The molecular formula is C72H147NO2. The molecule has 0 aromatic heterocycles. The van der Waals surface area contributed by atoms with Crippen LogP contribution in [0.25, 0.3) is 0 Å². The Morgan fingerprint density at radius 1 is 0.200 bits per heavy atom. The van der Waals surface area contributed by atoms with Crippen molar-refractivity contribution in [3.8, 4) is 0 Å². The maximum absolute atomic E-state index is 10.2. The zero-order chi connectivity index (χ0) is 54.5. The predicted octanol–water partition coefficient (Wildman–Crippen LogP) is 23.7. The molecule has 0 aromatic carbocycles. The number of aliphatic carboxylic acids is 1. The molecule has 0 aromatic rings. The molecule has 0 amide bonds. The molecule has 75 heavy (non-hydrogen) atoms. The molecule has 0 aliphatic heterocycles. The van der Waals surface area contributed by atoms with Gasteiger partial charge in [0.25, 0.3) is 0 Å². The van der Waals surface area contributed by atoms with Crippen LogP contribution in [0.5, 0.6) is 0 Å². The Labute approximate surface area is 476 Å². The van der Waals surface area contributed by atoms with Crippen molar-refractivity contribution in [2.75, 3.05) is 19.6 Å². The standard InChI is InChI=1S/C54H111N.C18H36O2/c1-4-7-10-13-16-19-22-25-28-31-34-37-40-43-46-49-52-55(53-50-47-44-41-38-35-32-29-26-23-20-17-14-11-8-5-2)54-51-48-45-42-39-36-33-30-27-24-21-18-15-12-9-6-3;1-2-3-4-5-6-7-8-9-10-11-12-13-14-15-16-17-18(19)20/h4-54H2,1-3H3;2-17H2,1H3,(H,19,20). The zero-order valence-electron chi connectivity index (χ0n) is 53.2. The van der Waals surface area contributed by atoms with Crippen LogP contribution in [0, 0.1) is 0 Å². The lowest BCUT2D eigenvalue weighted by Crippen LogP contribution is -3.12. The van der Waals surface area contributed by atoms with Crippen molar-refractivity contribution < 1.29 is 14.8 Å². The summed E-state index contributed by atoms with van der Waals surface area (Å²) in [6.45, 7) is 13.6. The quantitative estimate of drug-likeness (QED) is 0.0617. The van der Waals surface area contributed by atoms with Crippen LogP contribution in [-0.4, -0.2) is 25.6 Å². The number of carboxylic acids is 1. The highest BCUT2D eigenvalue weighted by Gasteiger charge is 2.09. The second-order valence-electron chi connectivity index (χ2n) is 25.0. The molecule has 3 heteroatoms. The molecule has 0 saturated carbocycles. The van der Waals surface area contributed by atoms with Crippen molar-refractivity contribution >= 4 is 5.97 Å². The van der Waals surface area contributed by atoms with Crippen molar-refractivity contribution in [2.45, 2.75) is 439 Å². The molecule has 1 N–H and O–H groups in total. The molecule has 0 radical (unpaired) electrons. The van der Waals surface area contributed by atoms with Gasteiger partial charge < -0.3 is 14.8 Å². The Morgan fingerprint density at radius 3 is 0.453 bits per heavy atom. The summed E-state index contributed by atoms with van der Waals surface area (Å²) >= 11 is 0. The van der Waals surface area contributed by atoms with Gasteiger partial charge in [0.15, 0.2) is 0 Å². The average Bonchev–Trinajstić information content (AvgIpc) is 3.41. The number of carboxylic acid groups (broad SMARTS) is 1. The molecule has 0 aliphatic rings. The van der Waals surface area contributed by atoms with E-state index in [9.17, 15) is 9.90 Å². The van der Waals surface area contributed by atoms with Crippen LogP contribution in [0.1, 0.15) is 439 Å². The van der Waals surface area contributed by atoms with E-state index < -0.39 is 5.97 Å². The first-order valence-electron chi connectivity index (χ1n) is 36.2. The summed E-state index contributed by atoms with van der Waals surface area (Å²) in [5.41, 5.74) is 0. The SMILES string of the molecule is CCCCCCCCCCCCCCCCCC(=O)[O-].CCCCCCCCCCCCCCCCCC[NH+](CCCCCCCCCCCCCCCCCC)CCCCCCCCCCCCCCCCCC.